The van der Waals surface area contributed by atoms with Crippen molar-refractivity contribution in [3.8, 4) is 6.07 Å². The Kier molecular flexibility index (Phi) is 4.69. The molecule has 0 aliphatic heterocycles. The van der Waals surface area contributed by atoms with Gasteiger partial charge in [0.25, 0.3) is 0 Å². The Morgan fingerprint density at radius 1 is 1.32 bits per heavy atom. The predicted molar refractivity (Wildman–Crippen MR) is 76.8 cm³/mol. The Labute approximate surface area is 117 Å². The van der Waals surface area contributed by atoms with Crippen LogP contribution < -0.4 is 0 Å². The fraction of sp³-hybridized carbons (Fsp3) is 0.267. The monoisotopic (exact) mass is 272 g/mol. The lowest BCUT2D eigenvalue weighted by atomic mass is 10.1. The summed E-state index contributed by atoms with van der Waals surface area (Å²) in [6, 6.07) is 13.3. The Morgan fingerprint density at radius 3 is 2.63 bits per heavy atom. The molecule has 1 aromatic heterocycles. The third-order valence-electron chi connectivity index (χ3n) is 2.92. The number of nitriles is 1. The van der Waals surface area contributed by atoms with E-state index in [-0.39, 0.29) is 0 Å². The summed E-state index contributed by atoms with van der Waals surface area (Å²) in [5.74, 6) is 0. The standard InChI is InChI=1S/C15H16N2OS/c1-17(10-14-3-2-8-19-14)11-15(18)13-6-4-12(9-16)5-7-13/h2-8,15,18H,10-11H2,1H3. The molecule has 19 heavy (non-hydrogen) atoms. The van der Waals surface area contributed by atoms with Crippen LogP contribution in [0.4, 0.5) is 0 Å². The topological polar surface area (TPSA) is 47.3 Å². The molecule has 0 saturated heterocycles. The SMILES string of the molecule is CN(Cc1cccs1)CC(O)c1ccc(C#N)cc1. The molecule has 0 aliphatic rings. The second kappa shape index (κ2) is 6.48. The molecule has 1 N–H and O–H groups in total. The van der Waals surface area contributed by atoms with E-state index in [1.165, 1.54) is 4.88 Å². The van der Waals surface area contributed by atoms with Gasteiger partial charge in [-0.05, 0) is 36.2 Å². The van der Waals surface area contributed by atoms with Crippen LogP contribution in [0.2, 0.25) is 0 Å². The number of thiophene rings is 1. The molecule has 1 unspecified atom stereocenters. The summed E-state index contributed by atoms with van der Waals surface area (Å²) in [6.45, 7) is 1.41. The molecule has 0 fully saturated rings. The zero-order valence-corrected chi connectivity index (χ0v) is 11.6. The number of aliphatic hydroxyl groups is 1. The van der Waals surface area contributed by atoms with E-state index in [0.29, 0.717) is 12.1 Å². The van der Waals surface area contributed by atoms with Gasteiger partial charge in [0.15, 0.2) is 0 Å². The van der Waals surface area contributed by atoms with Crippen molar-refractivity contribution in [1.29, 1.82) is 5.26 Å². The summed E-state index contributed by atoms with van der Waals surface area (Å²) in [5, 5.41) is 21.0. The highest BCUT2D eigenvalue weighted by atomic mass is 32.1. The van der Waals surface area contributed by atoms with Crippen LogP contribution in [0.15, 0.2) is 41.8 Å². The van der Waals surface area contributed by atoms with Gasteiger partial charge in [-0.25, -0.2) is 0 Å². The Morgan fingerprint density at radius 2 is 2.05 bits per heavy atom. The third kappa shape index (κ3) is 3.90. The van der Waals surface area contributed by atoms with Crippen molar-refractivity contribution < 1.29 is 5.11 Å². The van der Waals surface area contributed by atoms with Gasteiger partial charge in [-0.15, -0.1) is 11.3 Å². The van der Waals surface area contributed by atoms with Crippen molar-refractivity contribution in [3.63, 3.8) is 0 Å². The van der Waals surface area contributed by atoms with Crippen molar-refractivity contribution in [3.05, 3.63) is 57.8 Å². The van der Waals surface area contributed by atoms with Gasteiger partial charge in [-0.2, -0.15) is 5.26 Å². The quantitative estimate of drug-likeness (QED) is 0.910. The second-order valence-electron chi connectivity index (χ2n) is 4.53. The van der Waals surface area contributed by atoms with Gasteiger partial charge in [0.1, 0.15) is 0 Å². The minimum Gasteiger partial charge on any atom is -0.387 e. The zero-order chi connectivity index (χ0) is 13.7. The predicted octanol–water partition coefficient (Wildman–Crippen LogP) is 2.79. The van der Waals surface area contributed by atoms with E-state index >= 15 is 0 Å². The van der Waals surface area contributed by atoms with Crippen molar-refractivity contribution in [2.24, 2.45) is 0 Å². The van der Waals surface area contributed by atoms with Gasteiger partial charge in [0.05, 0.1) is 17.7 Å². The molecular formula is C15H16N2OS. The molecule has 4 heteroatoms. The average Bonchev–Trinajstić information content (AvgIpc) is 2.91. The number of hydrogen-bond acceptors (Lipinski definition) is 4. The summed E-state index contributed by atoms with van der Waals surface area (Å²) in [4.78, 5) is 3.38. The Bertz CT molecular complexity index is 543. The fourth-order valence-corrected chi connectivity index (χ4v) is 2.70. The summed E-state index contributed by atoms with van der Waals surface area (Å²) in [5.41, 5.74) is 1.46. The van der Waals surface area contributed by atoms with Gasteiger partial charge >= 0.3 is 0 Å². The summed E-state index contributed by atoms with van der Waals surface area (Å²) in [6.07, 6.45) is -0.530. The molecule has 0 spiro atoms. The number of likely N-dealkylation sites (N-methyl/N-ethyl adjacent to an activating group) is 1. The molecule has 98 valence electrons. The number of benzene rings is 1. The molecule has 3 nitrogen and oxygen atoms in total. The highest BCUT2D eigenvalue weighted by Crippen LogP contribution is 2.17. The first-order valence-corrected chi connectivity index (χ1v) is 6.96. The zero-order valence-electron chi connectivity index (χ0n) is 10.8. The van der Waals surface area contributed by atoms with Crippen LogP contribution in [-0.4, -0.2) is 23.6 Å². The molecule has 2 rings (SSSR count). The van der Waals surface area contributed by atoms with E-state index in [9.17, 15) is 5.11 Å². The lowest BCUT2D eigenvalue weighted by Crippen LogP contribution is -2.23. The average molecular weight is 272 g/mol. The minimum absolute atomic E-state index is 0.530. The molecule has 0 saturated carbocycles. The van der Waals surface area contributed by atoms with Gasteiger partial charge in [-0.3, -0.25) is 4.90 Å². The maximum Gasteiger partial charge on any atom is 0.0991 e. The smallest absolute Gasteiger partial charge is 0.0991 e. The second-order valence-corrected chi connectivity index (χ2v) is 5.56. The molecule has 1 aromatic carbocycles. The maximum atomic E-state index is 10.2. The van der Waals surface area contributed by atoms with Gasteiger partial charge in [-0.1, -0.05) is 18.2 Å². The lowest BCUT2D eigenvalue weighted by molar-refractivity contribution is 0.124. The van der Waals surface area contributed by atoms with E-state index in [1.807, 2.05) is 25.2 Å². The largest absolute Gasteiger partial charge is 0.387 e. The summed E-state index contributed by atoms with van der Waals surface area (Å²) < 4.78 is 0. The summed E-state index contributed by atoms with van der Waals surface area (Å²) in [7, 11) is 1.99. The normalized spacial score (nSPS) is 12.3. The van der Waals surface area contributed by atoms with Gasteiger partial charge in [0, 0.05) is 18.0 Å². The van der Waals surface area contributed by atoms with Crippen LogP contribution in [0.3, 0.4) is 0 Å². The Hall–Kier alpha value is -1.67. The molecule has 1 atom stereocenters. The van der Waals surface area contributed by atoms with Crippen LogP contribution in [0, 0.1) is 11.3 Å². The van der Waals surface area contributed by atoms with Crippen molar-refractivity contribution in [2.45, 2.75) is 12.6 Å². The molecule has 0 bridgehead atoms. The third-order valence-corrected chi connectivity index (χ3v) is 3.78. The lowest BCUT2D eigenvalue weighted by Gasteiger charge is -2.20. The van der Waals surface area contributed by atoms with Gasteiger partial charge in [0.2, 0.25) is 0 Å². The van der Waals surface area contributed by atoms with E-state index in [2.05, 4.69) is 22.4 Å². The maximum absolute atomic E-state index is 10.2. The molecule has 0 amide bonds. The van der Waals surface area contributed by atoms with Crippen LogP contribution in [0.25, 0.3) is 0 Å². The molecule has 2 aromatic rings. The number of rotatable bonds is 5. The minimum atomic E-state index is -0.530. The fourth-order valence-electron chi connectivity index (χ4n) is 1.91. The summed E-state index contributed by atoms with van der Waals surface area (Å²) >= 11 is 1.72. The number of nitrogens with zero attached hydrogens (tertiary/aromatic N) is 2. The molecular weight excluding hydrogens is 256 g/mol. The Balaban J connectivity index is 1.92. The molecule has 1 heterocycles. The molecule has 0 aliphatic carbocycles. The van der Waals surface area contributed by atoms with Crippen molar-refractivity contribution in [2.75, 3.05) is 13.6 Å². The highest BCUT2D eigenvalue weighted by Gasteiger charge is 2.11. The van der Waals surface area contributed by atoms with E-state index < -0.39 is 6.10 Å². The van der Waals surface area contributed by atoms with Crippen LogP contribution in [-0.2, 0) is 6.54 Å². The van der Waals surface area contributed by atoms with Crippen LogP contribution in [0.5, 0.6) is 0 Å². The van der Waals surface area contributed by atoms with Crippen LogP contribution in [0.1, 0.15) is 22.1 Å². The van der Waals surface area contributed by atoms with E-state index in [4.69, 9.17) is 5.26 Å². The van der Waals surface area contributed by atoms with E-state index in [1.54, 1.807) is 23.5 Å². The first kappa shape index (κ1) is 13.8. The van der Waals surface area contributed by atoms with Crippen molar-refractivity contribution in [1.82, 2.24) is 4.90 Å². The van der Waals surface area contributed by atoms with Crippen molar-refractivity contribution >= 4 is 11.3 Å². The number of aliphatic hydroxyl groups excluding tert-OH is 1. The number of hydrogen-bond donors (Lipinski definition) is 1. The first-order valence-electron chi connectivity index (χ1n) is 6.08. The molecule has 0 radical (unpaired) electrons. The van der Waals surface area contributed by atoms with E-state index in [0.717, 1.165) is 12.1 Å². The van der Waals surface area contributed by atoms with Gasteiger partial charge < -0.3 is 5.11 Å². The van der Waals surface area contributed by atoms with Crippen LogP contribution >= 0.6 is 11.3 Å². The first-order chi connectivity index (χ1) is 9.19. The highest BCUT2D eigenvalue weighted by molar-refractivity contribution is 7.09.